The van der Waals surface area contributed by atoms with Crippen LogP contribution in [0.25, 0.3) is 11.1 Å². The first kappa shape index (κ1) is 24.8. The summed E-state index contributed by atoms with van der Waals surface area (Å²) in [5.41, 5.74) is 4.47. The summed E-state index contributed by atoms with van der Waals surface area (Å²) in [6.45, 7) is 2.19. The van der Waals surface area contributed by atoms with Crippen LogP contribution in [0.15, 0.2) is 48.5 Å². The predicted molar refractivity (Wildman–Crippen MR) is 133 cm³/mol. The van der Waals surface area contributed by atoms with Crippen molar-refractivity contribution in [1.82, 2.24) is 10.2 Å². The zero-order valence-electron chi connectivity index (χ0n) is 20.4. The monoisotopic (exact) mass is 478 g/mol. The van der Waals surface area contributed by atoms with Gasteiger partial charge in [-0.25, -0.2) is 4.79 Å². The Morgan fingerprint density at radius 1 is 1.06 bits per heavy atom. The maximum Gasteiger partial charge on any atom is 0.407 e. The Hall–Kier alpha value is -3.35. The van der Waals surface area contributed by atoms with Crippen LogP contribution in [0.4, 0.5) is 4.79 Å². The van der Waals surface area contributed by atoms with Crippen LogP contribution in [0.5, 0.6) is 0 Å². The number of nitrogens with one attached hydrogen (secondary N) is 1. The third-order valence-electron chi connectivity index (χ3n) is 7.54. The summed E-state index contributed by atoms with van der Waals surface area (Å²) in [6, 6.07) is 15.3. The Bertz CT molecular complexity index is 1040. The van der Waals surface area contributed by atoms with E-state index in [-0.39, 0.29) is 37.3 Å². The van der Waals surface area contributed by atoms with Gasteiger partial charge in [0.2, 0.25) is 5.91 Å². The average molecular weight is 479 g/mol. The highest BCUT2D eigenvalue weighted by molar-refractivity contribution is 5.86. The molecule has 2 atom stereocenters. The van der Waals surface area contributed by atoms with Gasteiger partial charge in [0.1, 0.15) is 12.6 Å². The van der Waals surface area contributed by atoms with Crippen molar-refractivity contribution in [3.63, 3.8) is 0 Å². The number of hydrogen-bond donors (Lipinski definition) is 2. The van der Waals surface area contributed by atoms with Gasteiger partial charge in [-0.15, -0.1) is 0 Å². The molecule has 0 bridgehead atoms. The van der Waals surface area contributed by atoms with Gasteiger partial charge in [-0.05, 0) is 53.9 Å². The number of hydrogen-bond acceptors (Lipinski definition) is 4. The van der Waals surface area contributed by atoms with Crippen LogP contribution in [0, 0.1) is 5.92 Å². The number of fused-ring (bicyclic) bond motifs is 3. The molecule has 2 aromatic rings. The highest BCUT2D eigenvalue weighted by atomic mass is 16.5. The molecule has 2 aromatic carbocycles. The van der Waals surface area contributed by atoms with Crippen molar-refractivity contribution < 1.29 is 24.2 Å². The van der Waals surface area contributed by atoms with E-state index >= 15 is 0 Å². The van der Waals surface area contributed by atoms with Crippen LogP contribution in [-0.4, -0.2) is 53.7 Å². The largest absolute Gasteiger partial charge is 0.481 e. The first-order chi connectivity index (χ1) is 16.9. The minimum Gasteiger partial charge on any atom is -0.481 e. The number of amides is 2. The highest BCUT2D eigenvalue weighted by Gasteiger charge is 2.35. The second-order valence-corrected chi connectivity index (χ2v) is 9.57. The third-order valence-corrected chi connectivity index (χ3v) is 7.54. The molecular formula is C28H34N2O5. The van der Waals surface area contributed by atoms with Gasteiger partial charge in [0, 0.05) is 25.4 Å². The van der Waals surface area contributed by atoms with Crippen LogP contribution in [0.1, 0.15) is 62.5 Å². The van der Waals surface area contributed by atoms with E-state index < -0.39 is 18.1 Å². The van der Waals surface area contributed by atoms with Gasteiger partial charge >= 0.3 is 12.1 Å². The molecule has 0 spiro atoms. The van der Waals surface area contributed by atoms with Crippen LogP contribution >= 0.6 is 0 Å². The second-order valence-electron chi connectivity index (χ2n) is 9.57. The van der Waals surface area contributed by atoms with Crippen molar-refractivity contribution in [3.8, 4) is 11.1 Å². The number of carboxylic acids is 1. The average Bonchev–Trinajstić information content (AvgIpc) is 3.15. The minimum atomic E-state index is -1.01. The Morgan fingerprint density at radius 3 is 2.17 bits per heavy atom. The number of likely N-dealkylation sites (N-methyl/N-ethyl adjacent to an activating group) is 1. The quantitative estimate of drug-likeness (QED) is 0.512. The number of benzene rings is 2. The normalized spacial score (nSPS) is 16.4. The molecule has 186 valence electrons. The van der Waals surface area contributed by atoms with Crippen LogP contribution in [0.3, 0.4) is 0 Å². The molecule has 2 unspecified atom stereocenters. The number of rotatable bonds is 10. The van der Waals surface area contributed by atoms with E-state index in [4.69, 9.17) is 4.74 Å². The smallest absolute Gasteiger partial charge is 0.407 e. The van der Waals surface area contributed by atoms with Gasteiger partial charge in [0.25, 0.3) is 0 Å². The van der Waals surface area contributed by atoms with Crippen LogP contribution in [-0.2, 0) is 14.3 Å². The lowest BCUT2D eigenvalue weighted by Crippen LogP contribution is -2.53. The van der Waals surface area contributed by atoms with Crippen molar-refractivity contribution in [3.05, 3.63) is 59.7 Å². The van der Waals surface area contributed by atoms with Crippen molar-refractivity contribution in [2.45, 2.75) is 63.5 Å². The summed E-state index contributed by atoms with van der Waals surface area (Å²) in [5.74, 6) is -0.903. The van der Waals surface area contributed by atoms with Crippen LogP contribution < -0.4 is 5.32 Å². The standard InChI is InChI=1S/C28H34N2O5/c1-3-25(18-9-8-10-18)30(2)27(33)24(15-16-26(31)32)29-28(34)35-17-23-21-13-6-4-11-19(21)20-12-5-7-14-22(20)23/h4-7,11-14,18,23-25H,3,8-10,15-17H2,1-2H3,(H,29,34)(H,31,32). The molecule has 2 aliphatic carbocycles. The molecule has 0 aromatic heterocycles. The zero-order chi connectivity index (χ0) is 24.9. The van der Waals surface area contributed by atoms with Gasteiger partial charge in [0.15, 0.2) is 0 Å². The maximum absolute atomic E-state index is 13.3. The number of carbonyl (C=O) groups excluding carboxylic acids is 2. The molecule has 4 rings (SSSR count). The maximum atomic E-state index is 13.3. The topological polar surface area (TPSA) is 95.9 Å². The van der Waals surface area contributed by atoms with Crippen molar-refractivity contribution >= 4 is 18.0 Å². The lowest BCUT2D eigenvalue weighted by Gasteiger charge is -2.40. The van der Waals surface area contributed by atoms with E-state index in [0.717, 1.165) is 41.5 Å². The van der Waals surface area contributed by atoms with Gasteiger partial charge < -0.3 is 20.1 Å². The molecule has 7 heteroatoms. The molecule has 2 N–H and O–H groups in total. The Morgan fingerprint density at radius 2 is 1.66 bits per heavy atom. The fraction of sp³-hybridized carbons (Fsp3) is 0.464. The van der Waals surface area contributed by atoms with Crippen molar-refractivity contribution in [2.24, 2.45) is 5.92 Å². The van der Waals surface area contributed by atoms with E-state index in [0.29, 0.717) is 5.92 Å². The van der Waals surface area contributed by atoms with Gasteiger partial charge in [-0.1, -0.05) is 61.9 Å². The summed E-state index contributed by atoms with van der Waals surface area (Å²) < 4.78 is 5.61. The fourth-order valence-corrected chi connectivity index (χ4v) is 5.46. The molecule has 0 heterocycles. The lowest BCUT2D eigenvalue weighted by atomic mass is 9.78. The molecule has 0 radical (unpaired) electrons. The summed E-state index contributed by atoms with van der Waals surface area (Å²) in [4.78, 5) is 39.0. The highest BCUT2D eigenvalue weighted by Crippen LogP contribution is 2.44. The van der Waals surface area contributed by atoms with E-state index in [1.165, 1.54) is 6.42 Å². The molecule has 35 heavy (non-hydrogen) atoms. The third kappa shape index (κ3) is 5.34. The molecule has 1 saturated carbocycles. The molecule has 7 nitrogen and oxygen atoms in total. The lowest BCUT2D eigenvalue weighted by molar-refractivity contribution is -0.138. The van der Waals surface area contributed by atoms with E-state index in [2.05, 4.69) is 24.4 Å². The van der Waals surface area contributed by atoms with Crippen molar-refractivity contribution in [2.75, 3.05) is 13.7 Å². The first-order valence-electron chi connectivity index (χ1n) is 12.5. The number of ether oxygens (including phenoxy) is 1. The van der Waals surface area contributed by atoms with Crippen LogP contribution in [0.2, 0.25) is 0 Å². The molecular weight excluding hydrogens is 444 g/mol. The first-order valence-corrected chi connectivity index (χ1v) is 12.5. The molecule has 0 saturated heterocycles. The number of carboxylic acid groups (broad SMARTS) is 1. The zero-order valence-corrected chi connectivity index (χ0v) is 20.4. The summed E-state index contributed by atoms with van der Waals surface area (Å²) in [6.07, 6.45) is 3.27. The van der Waals surface area contributed by atoms with Gasteiger partial charge in [-0.2, -0.15) is 0 Å². The second kappa shape index (κ2) is 10.9. The number of carbonyl (C=O) groups is 3. The van der Waals surface area contributed by atoms with Gasteiger partial charge in [-0.3, -0.25) is 9.59 Å². The number of nitrogens with zero attached hydrogens (tertiary/aromatic N) is 1. The summed E-state index contributed by atoms with van der Waals surface area (Å²) in [5, 5.41) is 11.8. The van der Waals surface area contributed by atoms with E-state index in [1.54, 1.807) is 11.9 Å². The van der Waals surface area contributed by atoms with Gasteiger partial charge in [0.05, 0.1) is 0 Å². The Labute approximate surface area is 206 Å². The Kier molecular flexibility index (Phi) is 7.73. The SMILES string of the molecule is CCC(C1CCC1)N(C)C(=O)C(CCC(=O)O)NC(=O)OCC1c2ccccc2-c2ccccc21. The van der Waals surface area contributed by atoms with E-state index in [9.17, 15) is 19.5 Å². The minimum absolute atomic E-state index is 0.0177. The molecule has 0 aliphatic heterocycles. The molecule has 2 amide bonds. The molecule has 2 aliphatic rings. The predicted octanol–water partition coefficient (Wildman–Crippen LogP) is 4.80. The van der Waals surface area contributed by atoms with E-state index in [1.807, 2.05) is 36.4 Å². The Balaban J connectivity index is 1.43. The number of aliphatic carboxylic acids is 1. The van der Waals surface area contributed by atoms with Crippen molar-refractivity contribution in [1.29, 1.82) is 0 Å². The fourth-order valence-electron chi connectivity index (χ4n) is 5.46. The summed E-state index contributed by atoms with van der Waals surface area (Å²) in [7, 11) is 1.75. The summed E-state index contributed by atoms with van der Waals surface area (Å²) >= 11 is 0. The molecule has 1 fully saturated rings. The number of alkyl carbamates (subject to hydrolysis) is 1.